The highest BCUT2D eigenvalue weighted by molar-refractivity contribution is 5.56. The van der Waals surface area contributed by atoms with Crippen LogP contribution >= 0.6 is 0 Å². The number of hydrogen-bond donors (Lipinski definition) is 1. The quantitative estimate of drug-likeness (QED) is 0.721. The highest BCUT2D eigenvalue weighted by Crippen LogP contribution is 2.30. The Balaban J connectivity index is 1.75. The van der Waals surface area contributed by atoms with Gasteiger partial charge in [-0.05, 0) is 57.3 Å². The molecule has 0 amide bonds. The van der Waals surface area contributed by atoms with Crippen LogP contribution in [0.5, 0.6) is 0 Å². The van der Waals surface area contributed by atoms with Crippen LogP contribution in [0.3, 0.4) is 0 Å². The summed E-state index contributed by atoms with van der Waals surface area (Å²) in [6, 6.07) is 9.65. The molecule has 2 rings (SSSR count). The third-order valence-electron chi connectivity index (χ3n) is 4.42. The van der Waals surface area contributed by atoms with Crippen LogP contribution in [0.25, 0.3) is 0 Å². The Bertz CT molecular complexity index is 389. The highest BCUT2D eigenvalue weighted by atomic mass is 15.2. The second-order valence-electron chi connectivity index (χ2n) is 5.98. The number of benzene rings is 1. The van der Waals surface area contributed by atoms with Crippen LogP contribution in [-0.2, 0) is 6.42 Å². The first-order chi connectivity index (χ1) is 9.83. The lowest BCUT2D eigenvalue weighted by atomic mass is 9.96. The maximum absolute atomic E-state index is 3.40. The molecule has 0 fully saturated rings. The van der Waals surface area contributed by atoms with Crippen molar-refractivity contribution in [2.75, 3.05) is 24.5 Å². The number of nitrogens with one attached hydrogen (secondary N) is 1. The van der Waals surface area contributed by atoms with Gasteiger partial charge in [0.25, 0.3) is 0 Å². The number of para-hydroxylation sites is 1. The summed E-state index contributed by atoms with van der Waals surface area (Å²) in [4.78, 5) is 2.63. The first kappa shape index (κ1) is 15.4. The predicted octanol–water partition coefficient (Wildman–Crippen LogP) is 4.00. The molecule has 0 aromatic heterocycles. The molecule has 0 bridgehead atoms. The van der Waals surface area contributed by atoms with Crippen LogP contribution < -0.4 is 10.2 Å². The first-order valence-corrected chi connectivity index (χ1v) is 8.38. The van der Waals surface area contributed by atoms with Crippen molar-refractivity contribution < 1.29 is 0 Å². The van der Waals surface area contributed by atoms with Crippen molar-refractivity contribution in [3.63, 3.8) is 0 Å². The molecule has 1 aromatic rings. The van der Waals surface area contributed by atoms with E-state index in [-0.39, 0.29) is 0 Å². The average Bonchev–Trinajstić information content (AvgIpc) is 2.48. The number of fused-ring (bicyclic) bond motifs is 1. The fraction of sp³-hybridized carbons (Fsp3) is 0.667. The Labute approximate surface area is 124 Å². The summed E-state index contributed by atoms with van der Waals surface area (Å²) in [5, 5.41) is 3.40. The van der Waals surface area contributed by atoms with E-state index in [1.807, 2.05) is 0 Å². The topological polar surface area (TPSA) is 15.3 Å². The number of nitrogens with zero attached hydrogens (tertiary/aromatic N) is 1. The minimum absolute atomic E-state index is 0.701. The number of unbranched alkanes of at least 4 members (excludes halogenated alkanes) is 3. The van der Waals surface area contributed by atoms with Gasteiger partial charge in [-0.1, -0.05) is 38.0 Å². The first-order valence-electron chi connectivity index (χ1n) is 8.38. The molecule has 0 spiro atoms. The van der Waals surface area contributed by atoms with E-state index in [2.05, 4.69) is 48.3 Å². The molecule has 1 atom stereocenters. The number of anilines is 1. The normalized spacial score (nSPS) is 18.1. The second kappa shape index (κ2) is 8.31. The average molecular weight is 274 g/mol. The zero-order valence-corrected chi connectivity index (χ0v) is 13.2. The largest absolute Gasteiger partial charge is 0.369 e. The molecule has 2 nitrogen and oxygen atoms in total. The van der Waals surface area contributed by atoms with E-state index < -0.39 is 0 Å². The number of aryl methyl sites for hydroxylation is 1. The minimum Gasteiger partial charge on any atom is -0.369 e. The zero-order valence-electron chi connectivity index (χ0n) is 13.2. The summed E-state index contributed by atoms with van der Waals surface area (Å²) in [6.45, 7) is 8.05. The molecule has 20 heavy (non-hydrogen) atoms. The lowest BCUT2D eigenvalue weighted by molar-refractivity contribution is 0.531. The number of hydrogen-bond acceptors (Lipinski definition) is 2. The van der Waals surface area contributed by atoms with E-state index in [1.54, 1.807) is 0 Å². The predicted molar refractivity (Wildman–Crippen MR) is 88.6 cm³/mol. The summed E-state index contributed by atoms with van der Waals surface area (Å²) < 4.78 is 0. The summed E-state index contributed by atoms with van der Waals surface area (Å²) in [7, 11) is 0. The van der Waals surface area contributed by atoms with Crippen molar-refractivity contribution in [1.29, 1.82) is 0 Å². The van der Waals surface area contributed by atoms with Crippen molar-refractivity contribution in [2.45, 2.75) is 58.4 Å². The summed E-state index contributed by atoms with van der Waals surface area (Å²) in [5.74, 6) is 0. The van der Waals surface area contributed by atoms with Crippen LogP contribution in [0.15, 0.2) is 24.3 Å². The van der Waals surface area contributed by atoms with Gasteiger partial charge in [-0.3, -0.25) is 0 Å². The molecule has 1 aromatic carbocycles. The number of rotatable bonds is 8. The standard InChI is InChI=1S/C18H30N2/c1-3-19-14-8-4-5-9-15-20-16(2)12-13-17-10-6-7-11-18(17)20/h6-7,10-11,16,19H,3-5,8-9,12-15H2,1-2H3. The Morgan fingerprint density at radius 2 is 1.95 bits per heavy atom. The molecule has 1 unspecified atom stereocenters. The van der Waals surface area contributed by atoms with E-state index >= 15 is 0 Å². The van der Waals surface area contributed by atoms with E-state index in [9.17, 15) is 0 Å². The van der Waals surface area contributed by atoms with Gasteiger partial charge in [0, 0.05) is 18.3 Å². The molecule has 1 aliphatic rings. The van der Waals surface area contributed by atoms with E-state index in [1.165, 1.54) is 62.9 Å². The van der Waals surface area contributed by atoms with Gasteiger partial charge in [0.1, 0.15) is 0 Å². The van der Waals surface area contributed by atoms with Gasteiger partial charge in [-0.25, -0.2) is 0 Å². The van der Waals surface area contributed by atoms with Crippen LogP contribution in [0, 0.1) is 0 Å². The zero-order chi connectivity index (χ0) is 14.2. The summed E-state index contributed by atoms with van der Waals surface area (Å²) in [6.07, 6.45) is 7.91. The lowest BCUT2D eigenvalue weighted by Crippen LogP contribution is -2.37. The van der Waals surface area contributed by atoms with Crippen molar-refractivity contribution >= 4 is 5.69 Å². The van der Waals surface area contributed by atoms with Gasteiger partial charge in [-0.2, -0.15) is 0 Å². The molecule has 2 heteroatoms. The molecule has 0 aliphatic carbocycles. The molecule has 0 saturated heterocycles. The van der Waals surface area contributed by atoms with Crippen LogP contribution in [0.2, 0.25) is 0 Å². The van der Waals surface area contributed by atoms with E-state index in [0.717, 1.165) is 6.54 Å². The van der Waals surface area contributed by atoms with Gasteiger partial charge in [0.05, 0.1) is 0 Å². The maximum atomic E-state index is 3.40. The summed E-state index contributed by atoms with van der Waals surface area (Å²) >= 11 is 0. The molecule has 1 heterocycles. The third-order valence-corrected chi connectivity index (χ3v) is 4.42. The smallest absolute Gasteiger partial charge is 0.0401 e. The molecule has 1 N–H and O–H groups in total. The van der Waals surface area contributed by atoms with Crippen molar-refractivity contribution in [1.82, 2.24) is 5.32 Å². The molecule has 1 aliphatic heterocycles. The fourth-order valence-corrected chi connectivity index (χ4v) is 3.16. The Kier molecular flexibility index (Phi) is 6.38. The Morgan fingerprint density at radius 1 is 1.15 bits per heavy atom. The maximum Gasteiger partial charge on any atom is 0.0401 e. The summed E-state index contributed by atoms with van der Waals surface area (Å²) in [5.41, 5.74) is 3.02. The van der Waals surface area contributed by atoms with Crippen LogP contribution in [-0.4, -0.2) is 25.7 Å². The van der Waals surface area contributed by atoms with E-state index in [0.29, 0.717) is 6.04 Å². The van der Waals surface area contributed by atoms with Crippen molar-refractivity contribution in [2.24, 2.45) is 0 Å². The van der Waals surface area contributed by atoms with Gasteiger partial charge < -0.3 is 10.2 Å². The Morgan fingerprint density at radius 3 is 2.80 bits per heavy atom. The molecule has 0 radical (unpaired) electrons. The molecular weight excluding hydrogens is 244 g/mol. The van der Waals surface area contributed by atoms with Gasteiger partial charge in [0.2, 0.25) is 0 Å². The Hall–Kier alpha value is -1.02. The molecule has 112 valence electrons. The molecular formula is C18H30N2. The van der Waals surface area contributed by atoms with Crippen LogP contribution in [0.1, 0.15) is 51.5 Å². The van der Waals surface area contributed by atoms with E-state index in [4.69, 9.17) is 0 Å². The monoisotopic (exact) mass is 274 g/mol. The SMILES string of the molecule is CCNCCCCCCN1c2ccccc2CCC1C. The second-order valence-corrected chi connectivity index (χ2v) is 5.98. The van der Waals surface area contributed by atoms with Crippen molar-refractivity contribution in [3.05, 3.63) is 29.8 Å². The molecule has 0 saturated carbocycles. The highest BCUT2D eigenvalue weighted by Gasteiger charge is 2.21. The van der Waals surface area contributed by atoms with Gasteiger partial charge >= 0.3 is 0 Å². The van der Waals surface area contributed by atoms with Crippen LogP contribution in [0.4, 0.5) is 5.69 Å². The third kappa shape index (κ3) is 4.24. The lowest BCUT2D eigenvalue weighted by Gasteiger charge is -2.37. The van der Waals surface area contributed by atoms with Gasteiger partial charge in [-0.15, -0.1) is 0 Å². The minimum atomic E-state index is 0.701. The van der Waals surface area contributed by atoms with Gasteiger partial charge in [0.15, 0.2) is 0 Å². The van der Waals surface area contributed by atoms with Crippen molar-refractivity contribution in [3.8, 4) is 0 Å². The fourth-order valence-electron chi connectivity index (χ4n) is 3.16.